The van der Waals surface area contributed by atoms with Crippen LogP contribution in [0.5, 0.6) is 0 Å². The van der Waals surface area contributed by atoms with Crippen molar-refractivity contribution in [3.63, 3.8) is 0 Å². The number of esters is 1. The molecule has 0 fully saturated rings. The van der Waals surface area contributed by atoms with Crippen molar-refractivity contribution in [2.75, 3.05) is 6.61 Å². The Bertz CT molecular complexity index is 1060. The first-order valence-electron chi connectivity index (χ1n) is 11.6. The van der Waals surface area contributed by atoms with Crippen molar-refractivity contribution < 1.29 is 28.7 Å². The Balaban J connectivity index is 1.75. The number of nitrogens with one attached hydrogen (secondary N) is 1. The number of fused-ring (bicyclic) bond motifs is 1. The van der Waals surface area contributed by atoms with Gasteiger partial charge < -0.3 is 20.5 Å². The lowest BCUT2D eigenvalue weighted by molar-refractivity contribution is -0.148. The molecule has 3 rings (SSSR count). The van der Waals surface area contributed by atoms with Crippen LogP contribution in [0.25, 0.3) is 0 Å². The van der Waals surface area contributed by atoms with Gasteiger partial charge in [0.25, 0.3) is 0 Å². The largest absolute Gasteiger partial charge is 0.466 e. The van der Waals surface area contributed by atoms with Crippen molar-refractivity contribution in [1.29, 1.82) is 0 Å². The van der Waals surface area contributed by atoms with Crippen molar-refractivity contribution in [3.05, 3.63) is 71.3 Å². The highest BCUT2D eigenvalue weighted by Crippen LogP contribution is 2.25. The van der Waals surface area contributed by atoms with Gasteiger partial charge in [-0.3, -0.25) is 19.3 Å². The van der Waals surface area contributed by atoms with Gasteiger partial charge in [-0.15, -0.1) is 0 Å². The summed E-state index contributed by atoms with van der Waals surface area (Å²) in [5.74, 6) is -2.45. The molecule has 0 unspecified atom stereocenters. The molecular weight excluding hydrogens is 450 g/mol. The van der Waals surface area contributed by atoms with Gasteiger partial charge in [0, 0.05) is 6.42 Å². The second-order valence-corrected chi connectivity index (χ2v) is 8.51. The summed E-state index contributed by atoms with van der Waals surface area (Å²) in [6.07, 6.45) is -0.401. The Morgan fingerprint density at radius 3 is 2.34 bits per heavy atom. The predicted octanol–water partition coefficient (Wildman–Crippen LogP) is 2.31. The number of hydrogen-bond acceptors (Lipinski definition) is 6. The SMILES string of the molecule is CCOC(=O)[C@@H](C)C[C@H](NC(=O)[C@@H]1Cc2ccccc2CN1C(=O)OCc1ccccc1)C(N)=O. The molecule has 0 aromatic heterocycles. The van der Waals surface area contributed by atoms with E-state index < -0.39 is 41.9 Å². The average molecular weight is 482 g/mol. The number of hydrogen-bond donors (Lipinski definition) is 2. The molecule has 0 aliphatic carbocycles. The fourth-order valence-corrected chi connectivity index (χ4v) is 4.00. The molecule has 3 amide bonds. The second kappa shape index (κ2) is 12.0. The minimum Gasteiger partial charge on any atom is -0.466 e. The van der Waals surface area contributed by atoms with Crippen LogP contribution in [0.4, 0.5) is 4.79 Å². The topological polar surface area (TPSA) is 128 Å². The van der Waals surface area contributed by atoms with Crippen LogP contribution in [0.3, 0.4) is 0 Å². The third-order valence-corrected chi connectivity index (χ3v) is 5.93. The van der Waals surface area contributed by atoms with Crippen LogP contribution in [0.2, 0.25) is 0 Å². The molecule has 35 heavy (non-hydrogen) atoms. The van der Waals surface area contributed by atoms with Crippen molar-refractivity contribution >= 4 is 23.9 Å². The zero-order valence-electron chi connectivity index (χ0n) is 19.9. The number of nitrogens with zero attached hydrogens (tertiary/aromatic N) is 1. The fraction of sp³-hybridized carbons (Fsp3) is 0.385. The molecule has 3 N–H and O–H groups in total. The van der Waals surface area contributed by atoms with Gasteiger partial charge in [-0.1, -0.05) is 61.5 Å². The Kier molecular flexibility index (Phi) is 8.83. The Morgan fingerprint density at radius 2 is 1.69 bits per heavy atom. The number of carbonyl (C=O) groups is 4. The average Bonchev–Trinajstić information content (AvgIpc) is 2.86. The third kappa shape index (κ3) is 6.81. The molecule has 2 aromatic carbocycles. The lowest BCUT2D eigenvalue weighted by Crippen LogP contribution is -2.56. The Hall–Kier alpha value is -3.88. The molecule has 0 saturated carbocycles. The molecular formula is C26H31N3O6. The molecule has 0 saturated heterocycles. The van der Waals surface area contributed by atoms with E-state index in [4.69, 9.17) is 15.2 Å². The summed E-state index contributed by atoms with van der Waals surface area (Å²) in [6.45, 7) is 3.74. The first-order valence-corrected chi connectivity index (χ1v) is 11.6. The number of nitrogens with two attached hydrogens (primary N) is 1. The summed E-state index contributed by atoms with van der Waals surface area (Å²) >= 11 is 0. The number of amides is 3. The van der Waals surface area contributed by atoms with Gasteiger partial charge >= 0.3 is 12.1 Å². The maximum Gasteiger partial charge on any atom is 0.411 e. The Morgan fingerprint density at radius 1 is 1.03 bits per heavy atom. The van der Waals surface area contributed by atoms with Crippen LogP contribution >= 0.6 is 0 Å². The van der Waals surface area contributed by atoms with E-state index >= 15 is 0 Å². The van der Waals surface area contributed by atoms with Crippen LogP contribution in [0.15, 0.2) is 54.6 Å². The monoisotopic (exact) mass is 481 g/mol. The van der Waals surface area contributed by atoms with E-state index in [-0.39, 0.29) is 32.6 Å². The molecule has 2 aromatic rings. The van der Waals surface area contributed by atoms with Gasteiger partial charge in [0.05, 0.1) is 19.1 Å². The van der Waals surface area contributed by atoms with E-state index in [2.05, 4.69) is 5.32 Å². The second-order valence-electron chi connectivity index (χ2n) is 8.51. The van der Waals surface area contributed by atoms with E-state index in [0.29, 0.717) is 0 Å². The van der Waals surface area contributed by atoms with Crippen LogP contribution < -0.4 is 11.1 Å². The van der Waals surface area contributed by atoms with E-state index in [1.54, 1.807) is 13.8 Å². The summed E-state index contributed by atoms with van der Waals surface area (Å²) in [4.78, 5) is 51.7. The minimum atomic E-state index is -1.10. The molecule has 186 valence electrons. The molecule has 1 aliphatic heterocycles. The van der Waals surface area contributed by atoms with Gasteiger partial charge in [-0.05, 0) is 30.0 Å². The smallest absolute Gasteiger partial charge is 0.411 e. The standard InChI is InChI=1S/C26H31N3O6/c1-3-34-25(32)17(2)13-21(23(27)30)28-24(31)22-14-19-11-7-8-12-20(19)15-29(22)26(33)35-16-18-9-5-4-6-10-18/h4-12,17,21-22H,3,13-16H2,1-2H3,(H2,27,30)(H,28,31)/t17-,21-,22-/m0/s1. The summed E-state index contributed by atoms with van der Waals surface area (Å²) < 4.78 is 10.5. The van der Waals surface area contributed by atoms with Crippen LogP contribution in [-0.4, -0.2) is 47.5 Å². The lowest BCUT2D eigenvalue weighted by Gasteiger charge is -2.36. The first kappa shape index (κ1) is 25.7. The molecule has 1 aliphatic rings. The number of ether oxygens (including phenoxy) is 2. The number of carbonyl (C=O) groups excluding carboxylic acids is 4. The summed E-state index contributed by atoms with van der Waals surface area (Å²) in [5.41, 5.74) is 8.17. The van der Waals surface area contributed by atoms with Crippen LogP contribution in [-0.2, 0) is 43.4 Å². The van der Waals surface area contributed by atoms with E-state index in [1.807, 2.05) is 54.6 Å². The fourth-order valence-electron chi connectivity index (χ4n) is 4.00. The van der Waals surface area contributed by atoms with E-state index in [1.165, 1.54) is 4.90 Å². The molecule has 0 spiro atoms. The van der Waals surface area contributed by atoms with E-state index in [9.17, 15) is 19.2 Å². The summed E-state index contributed by atoms with van der Waals surface area (Å²) in [6, 6.07) is 14.8. The summed E-state index contributed by atoms with van der Waals surface area (Å²) in [7, 11) is 0. The first-order chi connectivity index (χ1) is 16.8. The molecule has 9 nitrogen and oxygen atoms in total. The molecule has 3 atom stereocenters. The molecule has 0 radical (unpaired) electrons. The van der Waals surface area contributed by atoms with Crippen molar-refractivity contribution in [3.8, 4) is 0 Å². The quantitative estimate of drug-likeness (QED) is 0.529. The highest BCUT2D eigenvalue weighted by molar-refractivity contribution is 5.91. The van der Waals surface area contributed by atoms with Gasteiger partial charge in [0.1, 0.15) is 18.7 Å². The van der Waals surface area contributed by atoms with Gasteiger partial charge in [0.15, 0.2) is 0 Å². The molecule has 9 heteroatoms. The highest BCUT2D eigenvalue weighted by atomic mass is 16.6. The third-order valence-electron chi connectivity index (χ3n) is 5.93. The maximum absolute atomic E-state index is 13.3. The zero-order valence-corrected chi connectivity index (χ0v) is 19.9. The zero-order chi connectivity index (χ0) is 25.4. The van der Waals surface area contributed by atoms with E-state index in [0.717, 1.165) is 16.7 Å². The van der Waals surface area contributed by atoms with Gasteiger partial charge in [0.2, 0.25) is 11.8 Å². The van der Waals surface area contributed by atoms with Crippen molar-refractivity contribution in [1.82, 2.24) is 10.2 Å². The lowest BCUT2D eigenvalue weighted by atomic mass is 9.93. The molecule has 0 bridgehead atoms. The predicted molar refractivity (Wildman–Crippen MR) is 128 cm³/mol. The number of rotatable bonds is 9. The van der Waals surface area contributed by atoms with Gasteiger partial charge in [-0.2, -0.15) is 0 Å². The van der Waals surface area contributed by atoms with Crippen LogP contribution in [0, 0.1) is 5.92 Å². The van der Waals surface area contributed by atoms with Crippen molar-refractivity contribution in [2.24, 2.45) is 11.7 Å². The number of primary amides is 1. The normalized spacial score (nSPS) is 16.4. The number of benzene rings is 2. The Labute approximate surface area is 204 Å². The maximum atomic E-state index is 13.3. The summed E-state index contributed by atoms with van der Waals surface area (Å²) in [5, 5.41) is 2.63. The van der Waals surface area contributed by atoms with Crippen LogP contribution in [0.1, 0.15) is 37.0 Å². The van der Waals surface area contributed by atoms with Gasteiger partial charge in [-0.25, -0.2) is 4.79 Å². The molecule has 1 heterocycles. The highest BCUT2D eigenvalue weighted by Gasteiger charge is 2.37. The van der Waals surface area contributed by atoms with Crippen molar-refractivity contribution in [2.45, 2.75) is 51.9 Å². The minimum absolute atomic E-state index is 0.0122.